The summed E-state index contributed by atoms with van der Waals surface area (Å²) < 4.78 is 5.21. The van der Waals surface area contributed by atoms with Gasteiger partial charge in [-0.1, -0.05) is 12.1 Å². The Kier molecular flexibility index (Phi) is 7.73. The van der Waals surface area contributed by atoms with E-state index in [1.165, 1.54) is 0 Å². The predicted octanol–water partition coefficient (Wildman–Crippen LogP) is 2.43. The third-order valence-corrected chi connectivity index (χ3v) is 2.33. The molecule has 0 aromatic heterocycles. The average Bonchev–Trinajstić information content (AvgIpc) is 2.25. The van der Waals surface area contributed by atoms with E-state index in [-0.39, 0.29) is 24.0 Å². The highest BCUT2D eigenvalue weighted by Gasteiger charge is 2.00. The lowest BCUT2D eigenvalue weighted by molar-refractivity contribution is 0.411. The number of aliphatic imine (C=N–C) groups is 1. The second kappa shape index (κ2) is 8.18. The molecule has 3 N–H and O–H groups in total. The summed E-state index contributed by atoms with van der Waals surface area (Å²) in [5.74, 6) is 1.37. The van der Waals surface area contributed by atoms with Crippen LogP contribution in [0.3, 0.4) is 0 Å². The van der Waals surface area contributed by atoms with Crippen LogP contribution in [-0.4, -0.2) is 19.1 Å². The van der Waals surface area contributed by atoms with Gasteiger partial charge in [-0.25, -0.2) is 4.99 Å². The molecule has 0 atom stereocenters. The van der Waals surface area contributed by atoms with Crippen LogP contribution in [0, 0.1) is 6.92 Å². The van der Waals surface area contributed by atoms with Gasteiger partial charge in [0.2, 0.25) is 0 Å². The third kappa shape index (κ3) is 5.57. The minimum absolute atomic E-state index is 0. The lowest BCUT2D eigenvalue weighted by Crippen LogP contribution is -2.36. The predicted molar refractivity (Wildman–Crippen MR) is 86.7 cm³/mol. The molecule has 4 nitrogen and oxygen atoms in total. The van der Waals surface area contributed by atoms with Crippen LogP contribution < -0.4 is 15.8 Å². The number of guanidine groups is 1. The topological polar surface area (TPSA) is 59.6 Å². The number of aryl methyl sites for hydroxylation is 1. The Morgan fingerprint density at radius 1 is 1.44 bits per heavy atom. The van der Waals surface area contributed by atoms with Gasteiger partial charge < -0.3 is 15.8 Å². The van der Waals surface area contributed by atoms with Gasteiger partial charge in [0.05, 0.1) is 13.7 Å². The highest BCUT2D eigenvalue weighted by molar-refractivity contribution is 14.0. The number of rotatable bonds is 4. The summed E-state index contributed by atoms with van der Waals surface area (Å²) in [6, 6.07) is 6.31. The maximum absolute atomic E-state index is 5.73. The molecule has 0 aliphatic rings. The summed E-state index contributed by atoms with van der Waals surface area (Å²) in [4.78, 5) is 4.27. The van der Waals surface area contributed by atoms with Crippen LogP contribution in [0.15, 0.2) is 23.2 Å². The summed E-state index contributed by atoms with van der Waals surface area (Å²) >= 11 is 0. The van der Waals surface area contributed by atoms with Gasteiger partial charge in [-0.15, -0.1) is 24.0 Å². The van der Waals surface area contributed by atoms with Gasteiger partial charge in [-0.05, 0) is 38.0 Å². The highest BCUT2D eigenvalue weighted by atomic mass is 127. The molecule has 18 heavy (non-hydrogen) atoms. The molecule has 0 amide bonds. The molecule has 0 fully saturated rings. The van der Waals surface area contributed by atoms with Crippen molar-refractivity contribution in [1.82, 2.24) is 5.32 Å². The molecule has 102 valence electrons. The van der Waals surface area contributed by atoms with Crippen molar-refractivity contribution < 1.29 is 4.74 Å². The van der Waals surface area contributed by atoms with Crippen molar-refractivity contribution in [1.29, 1.82) is 0 Å². The molecule has 0 saturated heterocycles. The first kappa shape index (κ1) is 17.0. The third-order valence-electron chi connectivity index (χ3n) is 2.33. The number of ether oxygens (including phenoxy) is 1. The summed E-state index contributed by atoms with van der Waals surface area (Å²) in [6.07, 6.45) is 0. The number of nitrogens with one attached hydrogen (secondary N) is 1. The number of nitrogens with two attached hydrogens (primary N) is 1. The molecule has 0 heterocycles. The smallest absolute Gasteiger partial charge is 0.189 e. The first-order chi connectivity index (χ1) is 8.02. The van der Waals surface area contributed by atoms with Crippen molar-refractivity contribution in [3.63, 3.8) is 0 Å². The van der Waals surface area contributed by atoms with Gasteiger partial charge >= 0.3 is 0 Å². The Morgan fingerprint density at radius 3 is 2.61 bits per heavy atom. The van der Waals surface area contributed by atoms with Gasteiger partial charge in [0.15, 0.2) is 5.96 Å². The molecular weight excluding hydrogens is 341 g/mol. The van der Waals surface area contributed by atoms with E-state index in [0.717, 1.165) is 16.9 Å². The van der Waals surface area contributed by atoms with Crippen LogP contribution in [0.25, 0.3) is 0 Å². The molecule has 0 aliphatic carbocycles. The molecule has 0 unspecified atom stereocenters. The average molecular weight is 363 g/mol. The van der Waals surface area contributed by atoms with E-state index >= 15 is 0 Å². The van der Waals surface area contributed by atoms with Crippen molar-refractivity contribution in [3.05, 3.63) is 29.3 Å². The Labute approximate surface area is 126 Å². The number of benzene rings is 1. The van der Waals surface area contributed by atoms with Crippen LogP contribution >= 0.6 is 24.0 Å². The number of hydrogen-bond donors (Lipinski definition) is 2. The fourth-order valence-corrected chi connectivity index (χ4v) is 1.56. The van der Waals surface area contributed by atoms with Crippen LogP contribution in [0.2, 0.25) is 0 Å². The Balaban J connectivity index is 0.00000289. The minimum atomic E-state index is 0. The van der Waals surface area contributed by atoms with E-state index in [2.05, 4.69) is 16.4 Å². The maximum Gasteiger partial charge on any atom is 0.189 e. The Morgan fingerprint density at radius 2 is 2.11 bits per heavy atom. The van der Waals surface area contributed by atoms with Gasteiger partial charge in [0.1, 0.15) is 5.75 Å². The van der Waals surface area contributed by atoms with E-state index in [4.69, 9.17) is 10.5 Å². The van der Waals surface area contributed by atoms with Crippen molar-refractivity contribution in [2.45, 2.75) is 33.4 Å². The first-order valence-electron chi connectivity index (χ1n) is 5.73. The van der Waals surface area contributed by atoms with Crippen LogP contribution in [-0.2, 0) is 6.54 Å². The van der Waals surface area contributed by atoms with E-state index in [0.29, 0.717) is 18.5 Å². The van der Waals surface area contributed by atoms with E-state index in [9.17, 15) is 0 Å². The van der Waals surface area contributed by atoms with Gasteiger partial charge in [0.25, 0.3) is 0 Å². The van der Waals surface area contributed by atoms with Gasteiger partial charge in [0, 0.05) is 6.04 Å². The SMILES string of the molecule is COc1ccc(CN=C(N)NC(C)C)cc1C.I. The first-order valence-corrected chi connectivity index (χ1v) is 5.73. The number of halogens is 1. The van der Waals surface area contributed by atoms with Crippen molar-refractivity contribution in [2.24, 2.45) is 10.7 Å². The van der Waals surface area contributed by atoms with E-state index < -0.39 is 0 Å². The maximum atomic E-state index is 5.73. The number of nitrogens with zero attached hydrogens (tertiary/aromatic N) is 1. The fraction of sp³-hybridized carbons (Fsp3) is 0.462. The lowest BCUT2D eigenvalue weighted by atomic mass is 10.1. The van der Waals surface area contributed by atoms with Crippen LogP contribution in [0.1, 0.15) is 25.0 Å². The Hall–Kier alpha value is -0.980. The van der Waals surface area contributed by atoms with Gasteiger partial charge in [-0.3, -0.25) is 0 Å². The zero-order valence-electron chi connectivity index (χ0n) is 11.4. The second-order valence-corrected chi connectivity index (χ2v) is 4.30. The summed E-state index contributed by atoms with van der Waals surface area (Å²) in [5, 5.41) is 3.05. The molecule has 1 rings (SSSR count). The zero-order valence-corrected chi connectivity index (χ0v) is 13.7. The largest absolute Gasteiger partial charge is 0.496 e. The Bertz CT molecular complexity index is 405. The molecule has 1 aromatic carbocycles. The lowest BCUT2D eigenvalue weighted by Gasteiger charge is -2.09. The standard InChI is InChI=1S/C13H21N3O.HI/c1-9(2)16-13(14)15-8-11-5-6-12(17-4)10(3)7-11;/h5-7,9H,8H2,1-4H3,(H3,14,15,16);1H. The van der Waals surface area contributed by atoms with E-state index in [1.54, 1.807) is 7.11 Å². The zero-order chi connectivity index (χ0) is 12.8. The summed E-state index contributed by atoms with van der Waals surface area (Å²) in [5.41, 5.74) is 7.96. The van der Waals surface area contributed by atoms with Crippen LogP contribution in [0.5, 0.6) is 5.75 Å². The van der Waals surface area contributed by atoms with E-state index in [1.807, 2.05) is 32.9 Å². The summed E-state index contributed by atoms with van der Waals surface area (Å²) in [6.45, 7) is 6.65. The molecule has 0 aliphatic heterocycles. The molecule has 1 aromatic rings. The normalized spacial score (nSPS) is 11.1. The van der Waals surface area contributed by atoms with Gasteiger partial charge in [-0.2, -0.15) is 0 Å². The minimum Gasteiger partial charge on any atom is -0.496 e. The molecule has 0 spiro atoms. The highest BCUT2D eigenvalue weighted by Crippen LogP contribution is 2.18. The molecule has 0 saturated carbocycles. The molecule has 0 bridgehead atoms. The monoisotopic (exact) mass is 363 g/mol. The fourth-order valence-electron chi connectivity index (χ4n) is 1.56. The van der Waals surface area contributed by atoms with Crippen LogP contribution in [0.4, 0.5) is 0 Å². The number of hydrogen-bond acceptors (Lipinski definition) is 2. The second-order valence-electron chi connectivity index (χ2n) is 4.30. The van der Waals surface area contributed by atoms with Crippen molar-refractivity contribution in [3.8, 4) is 5.75 Å². The quantitative estimate of drug-likeness (QED) is 0.491. The molecule has 5 heteroatoms. The van der Waals surface area contributed by atoms with Crippen molar-refractivity contribution >= 4 is 29.9 Å². The summed E-state index contributed by atoms with van der Waals surface area (Å²) in [7, 11) is 1.67. The molecule has 0 radical (unpaired) electrons. The molecular formula is C13H22IN3O. The van der Waals surface area contributed by atoms with Crippen molar-refractivity contribution in [2.75, 3.05) is 7.11 Å². The number of methoxy groups -OCH3 is 1.